The van der Waals surface area contributed by atoms with E-state index in [1.807, 2.05) is 6.92 Å². The van der Waals surface area contributed by atoms with E-state index in [9.17, 15) is 14.4 Å². The number of ether oxygens (including phenoxy) is 3. The van der Waals surface area contributed by atoms with Gasteiger partial charge < -0.3 is 24.0 Å². The van der Waals surface area contributed by atoms with Gasteiger partial charge in [0, 0.05) is 29.9 Å². The van der Waals surface area contributed by atoms with Crippen molar-refractivity contribution in [1.82, 2.24) is 9.80 Å². The molecule has 1 saturated heterocycles. The zero-order chi connectivity index (χ0) is 23.5. The number of anilines is 1. The lowest BCUT2D eigenvalue weighted by Gasteiger charge is -2.25. The third-order valence-electron chi connectivity index (χ3n) is 5.62. The zero-order valence-electron chi connectivity index (χ0n) is 18.4. The number of carbonyl (C=O) groups is 3. The van der Waals surface area contributed by atoms with E-state index in [-0.39, 0.29) is 57.4 Å². The van der Waals surface area contributed by atoms with Crippen LogP contribution in [0, 0.1) is 6.92 Å². The molecule has 0 aromatic heterocycles. The molecule has 2 heterocycles. The van der Waals surface area contributed by atoms with Crippen LogP contribution in [0.4, 0.5) is 5.69 Å². The summed E-state index contributed by atoms with van der Waals surface area (Å²) in [5, 5.41) is 0.546. The van der Waals surface area contributed by atoms with Crippen LogP contribution in [-0.4, -0.2) is 74.3 Å². The second kappa shape index (κ2) is 9.68. The van der Waals surface area contributed by atoms with Crippen molar-refractivity contribution >= 4 is 35.0 Å². The number of carbonyl (C=O) groups excluding carboxylic acids is 3. The molecule has 0 bridgehead atoms. The van der Waals surface area contributed by atoms with E-state index in [1.54, 1.807) is 36.4 Å². The van der Waals surface area contributed by atoms with Gasteiger partial charge in [0.05, 0.1) is 6.61 Å². The molecule has 0 unspecified atom stereocenters. The van der Waals surface area contributed by atoms with Gasteiger partial charge >= 0.3 is 0 Å². The van der Waals surface area contributed by atoms with Crippen LogP contribution in [0.1, 0.15) is 15.9 Å². The second-order valence-corrected chi connectivity index (χ2v) is 8.13. The Bertz CT molecular complexity index is 1090. The molecule has 0 aliphatic carbocycles. The molecule has 10 heteroatoms. The summed E-state index contributed by atoms with van der Waals surface area (Å²) < 4.78 is 15.8. The van der Waals surface area contributed by atoms with Gasteiger partial charge in [-0.1, -0.05) is 17.7 Å². The fraction of sp³-hybridized carbons (Fsp3) is 0.348. The lowest BCUT2D eigenvalue weighted by atomic mass is 10.1. The van der Waals surface area contributed by atoms with Crippen molar-refractivity contribution < 1.29 is 28.6 Å². The summed E-state index contributed by atoms with van der Waals surface area (Å²) in [5.41, 5.74) is 1.80. The van der Waals surface area contributed by atoms with Crippen LogP contribution in [0.3, 0.4) is 0 Å². The number of rotatable bonds is 7. The van der Waals surface area contributed by atoms with Crippen molar-refractivity contribution in [2.45, 2.75) is 6.92 Å². The lowest BCUT2D eigenvalue weighted by molar-refractivity contribution is -0.132. The molecule has 2 aromatic rings. The standard InChI is InChI=1S/C23H24ClN3O6/c1-15-17(24)4-3-5-18(15)27-13-26(12-22(27)29)21(28)11-25(8-9-31-2)23(30)16-6-7-19-20(10-16)33-14-32-19/h3-7,10H,8-9,11-14H2,1-2H3. The Balaban J connectivity index is 1.47. The summed E-state index contributed by atoms with van der Waals surface area (Å²) >= 11 is 6.19. The largest absolute Gasteiger partial charge is 0.454 e. The Kier molecular flexibility index (Phi) is 6.71. The first-order valence-corrected chi connectivity index (χ1v) is 10.8. The van der Waals surface area contributed by atoms with E-state index in [0.29, 0.717) is 27.8 Å². The highest BCUT2D eigenvalue weighted by Crippen LogP contribution is 2.33. The molecule has 9 nitrogen and oxygen atoms in total. The number of halogens is 1. The van der Waals surface area contributed by atoms with E-state index in [4.69, 9.17) is 25.8 Å². The predicted molar refractivity (Wildman–Crippen MR) is 121 cm³/mol. The highest BCUT2D eigenvalue weighted by Gasteiger charge is 2.34. The molecule has 2 aromatic carbocycles. The highest BCUT2D eigenvalue weighted by atomic mass is 35.5. The zero-order valence-corrected chi connectivity index (χ0v) is 19.1. The number of hydrogen-bond donors (Lipinski definition) is 0. The maximum Gasteiger partial charge on any atom is 0.254 e. The summed E-state index contributed by atoms with van der Waals surface area (Å²) in [6, 6.07) is 10.2. The third kappa shape index (κ3) is 4.74. The molecule has 2 aliphatic rings. The summed E-state index contributed by atoms with van der Waals surface area (Å²) in [6.45, 7) is 2.24. The SMILES string of the molecule is COCCN(CC(=O)N1CC(=O)N(c2cccc(Cl)c2C)C1)C(=O)c1ccc2c(c1)OCO2. The van der Waals surface area contributed by atoms with Gasteiger partial charge in [0.15, 0.2) is 11.5 Å². The van der Waals surface area contributed by atoms with Crippen molar-refractivity contribution in [3.8, 4) is 11.5 Å². The number of hydrogen-bond acceptors (Lipinski definition) is 6. The monoisotopic (exact) mass is 473 g/mol. The van der Waals surface area contributed by atoms with Crippen LogP contribution >= 0.6 is 11.6 Å². The second-order valence-electron chi connectivity index (χ2n) is 7.73. The number of methoxy groups -OCH3 is 1. The lowest BCUT2D eigenvalue weighted by Crippen LogP contribution is -2.44. The topological polar surface area (TPSA) is 88.6 Å². The van der Waals surface area contributed by atoms with E-state index < -0.39 is 0 Å². The average molecular weight is 474 g/mol. The van der Waals surface area contributed by atoms with Gasteiger partial charge in [0.1, 0.15) is 19.8 Å². The van der Waals surface area contributed by atoms with Gasteiger partial charge in [-0.2, -0.15) is 0 Å². The molecule has 0 atom stereocenters. The first-order valence-electron chi connectivity index (χ1n) is 10.4. The van der Waals surface area contributed by atoms with Gasteiger partial charge in [-0.15, -0.1) is 0 Å². The van der Waals surface area contributed by atoms with Gasteiger partial charge in [0.25, 0.3) is 5.91 Å². The molecule has 0 saturated carbocycles. The fourth-order valence-electron chi connectivity index (χ4n) is 3.74. The van der Waals surface area contributed by atoms with E-state index >= 15 is 0 Å². The molecule has 174 valence electrons. The maximum absolute atomic E-state index is 13.1. The smallest absolute Gasteiger partial charge is 0.254 e. The van der Waals surface area contributed by atoms with Crippen LogP contribution in [0.25, 0.3) is 0 Å². The van der Waals surface area contributed by atoms with Crippen LogP contribution in [0.2, 0.25) is 5.02 Å². The Morgan fingerprint density at radius 3 is 2.76 bits per heavy atom. The average Bonchev–Trinajstić information content (AvgIpc) is 3.44. The molecule has 33 heavy (non-hydrogen) atoms. The minimum Gasteiger partial charge on any atom is -0.454 e. The number of amides is 3. The van der Waals surface area contributed by atoms with Gasteiger partial charge in [0.2, 0.25) is 18.6 Å². The van der Waals surface area contributed by atoms with E-state index in [2.05, 4.69) is 0 Å². The van der Waals surface area contributed by atoms with Crippen molar-refractivity contribution in [3.05, 3.63) is 52.5 Å². The van der Waals surface area contributed by atoms with Crippen molar-refractivity contribution in [2.24, 2.45) is 0 Å². The predicted octanol–water partition coefficient (Wildman–Crippen LogP) is 2.30. The van der Waals surface area contributed by atoms with Crippen LogP contribution in [0.5, 0.6) is 11.5 Å². The van der Waals surface area contributed by atoms with Gasteiger partial charge in [-0.25, -0.2) is 0 Å². The maximum atomic E-state index is 13.1. The molecule has 4 rings (SSSR count). The Hall–Kier alpha value is -3.30. The summed E-state index contributed by atoms with van der Waals surface area (Å²) in [4.78, 5) is 43.2. The highest BCUT2D eigenvalue weighted by molar-refractivity contribution is 6.31. The van der Waals surface area contributed by atoms with Crippen LogP contribution in [-0.2, 0) is 14.3 Å². The van der Waals surface area contributed by atoms with E-state index in [1.165, 1.54) is 21.8 Å². The first kappa shape index (κ1) is 22.9. The summed E-state index contributed by atoms with van der Waals surface area (Å²) in [7, 11) is 1.52. The Morgan fingerprint density at radius 2 is 1.97 bits per heavy atom. The number of benzene rings is 2. The minimum absolute atomic E-state index is 0.0683. The quantitative estimate of drug-likeness (QED) is 0.613. The molecule has 3 amide bonds. The molecular formula is C23H24ClN3O6. The molecular weight excluding hydrogens is 450 g/mol. The molecule has 0 N–H and O–H groups in total. The van der Waals surface area contributed by atoms with Gasteiger partial charge in [-0.3, -0.25) is 19.3 Å². The molecule has 0 radical (unpaired) electrons. The minimum atomic E-state index is -0.341. The van der Waals surface area contributed by atoms with Crippen molar-refractivity contribution in [3.63, 3.8) is 0 Å². The Morgan fingerprint density at radius 1 is 1.18 bits per heavy atom. The summed E-state index contributed by atoms with van der Waals surface area (Å²) in [6.07, 6.45) is 0. The van der Waals surface area contributed by atoms with Crippen molar-refractivity contribution in [2.75, 3.05) is 51.7 Å². The normalized spacial score (nSPS) is 14.7. The Labute approximate surface area is 196 Å². The number of nitrogens with zero attached hydrogens (tertiary/aromatic N) is 3. The fourth-order valence-corrected chi connectivity index (χ4v) is 3.91. The third-order valence-corrected chi connectivity index (χ3v) is 6.03. The van der Waals surface area contributed by atoms with Crippen LogP contribution < -0.4 is 14.4 Å². The molecule has 1 fully saturated rings. The molecule has 2 aliphatic heterocycles. The summed E-state index contributed by atoms with van der Waals surface area (Å²) in [5.74, 6) is 0.163. The molecule has 0 spiro atoms. The number of fused-ring (bicyclic) bond motifs is 1. The van der Waals surface area contributed by atoms with Gasteiger partial charge in [-0.05, 0) is 42.8 Å². The first-order chi connectivity index (χ1) is 15.9. The van der Waals surface area contributed by atoms with Crippen molar-refractivity contribution in [1.29, 1.82) is 0 Å². The van der Waals surface area contributed by atoms with E-state index in [0.717, 1.165) is 5.56 Å². The van der Waals surface area contributed by atoms with Crippen LogP contribution in [0.15, 0.2) is 36.4 Å².